The molecule has 1 rings (SSSR count). The van der Waals surface area contributed by atoms with Crippen molar-refractivity contribution in [3.05, 3.63) is 11.3 Å². The molecule has 0 heterocycles. The highest BCUT2D eigenvalue weighted by Crippen LogP contribution is 2.28. The molecular weight excluding hydrogens is 100 g/mol. The molecule has 4 N–H and O–H groups in total. The van der Waals surface area contributed by atoms with E-state index in [0.29, 0.717) is 0 Å². The van der Waals surface area contributed by atoms with Crippen LogP contribution in [-0.2, 0) is 0 Å². The topological polar surface area (TPSA) is 52.0 Å². The molecule has 0 aromatic carbocycles. The maximum Gasteiger partial charge on any atom is 0.0678 e. The molecule has 1 atom stereocenters. The van der Waals surface area contributed by atoms with Crippen LogP contribution in [0.4, 0.5) is 0 Å². The second-order valence-electron chi connectivity index (χ2n) is 2.21. The number of hydrogen-bond acceptors (Lipinski definition) is 2. The minimum absolute atomic E-state index is 0.148. The largest absolute Gasteiger partial charge is 0.400 e. The molecule has 0 aliphatic heterocycles. The first-order valence-electron chi connectivity index (χ1n) is 3.01. The summed E-state index contributed by atoms with van der Waals surface area (Å²) in [6, 6.07) is 0.148. The summed E-state index contributed by atoms with van der Waals surface area (Å²) < 4.78 is 0. The Labute approximate surface area is 49.5 Å². The Bertz CT molecular complexity index is 126. The van der Waals surface area contributed by atoms with Gasteiger partial charge in [-0.05, 0) is 12.0 Å². The average molecular weight is 112 g/mol. The molecule has 2 heteroatoms. The lowest BCUT2D eigenvalue weighted by Gasteiger charge is -1.84. The standard InChI is InChI=1S/C6H12N2/c1-2-3-4-5(7)6(4)8/h5H,2-3,7-8H2,1H3. The van der Waals surface area contributed by atoms with E-state index in [1.165, 1.54) is 5.57 Å². The van der Waals surface area contributed by atoms with Gasteiger partial charge in [0.05, 0.1) is 6.04 Å². The third-order valence-electron chi connectivity index (χ3n) is 1.52. The van der Waals surface area contributed by atoms with E-state index in [-0.39, 0.29) is 6.04 Å². The Balaban J connectivity index is 2.30. The van der Waals surface area contributed by atoms with Crippen LogP contribution in [0.25, 0.3) is 0 Å². The summed E-state index contributed by atoms with van der Waals surface area (Å²) in [6.07, 6.45) is 2.25. The third-order valence-corrected chi connectivity index (χ3v) is 1.52. The second-order valence-corrected chi connectivity index (χ2v) is 2.21. The third kappa shape index (κ3) is 0.713. The van der Waals surface area contributed by atoms with E-state index in [2.05, 4.69) is 6.92 Å². The van der Waals surface area contributed by atoms with Crippen LogP contribution < -0.4 is 11.5 Å². The van der Waals surface area contributed by atoms with Crippen molar-refractivity contribution >= 4 is 0 Å². The first kappa shape index (κ1) is 5.63. The summed E-state index contributed by atoms with van der Waals surface area (Å²) in [5.41, 5.74) is 13.1. The van der Waals surface area contributed by atoms with Crippen molar-refractivity contribution in [2.75, 3.05) is 0 Å². The van der Waals surface area contributed by atoms with Crippen LogP contribution in [0, 0.1) is 0 Å². The Hall–Kier alpha value is -0.500. The number of hydrogen-bond donors (Lipinski definition) is 2. The van der Waals surface area contributed by atoms with Crippen molar-refractivity contribution < 1.29 is 0 Å². The molecule has 2 nitrogen and oxygen atoms in total. The van der Waals surface area contributed by atoms with Gasteiger partial charge in [0, 0.05) is 5.70 Å². The Kier molecular flexibility index (Phi) is 1.26. The van der Waals surface area contributed by atoms with E-state index in [9.17, 15) is 0 Å². The molecule has 8 heavy (non-hydrogen) atoms. The summed E-state index contributed by atoms with van der Waals surface area (Å²) in [7, 11) is 0. The van der Waals surface area contributed by atoms with Gasteiger partial charge in [0.2, 0.25) is 0 Å². The van der Waals surface area contributed by atoms with Crippen LogP contribution in [0.2, 0.25) is 0 Å². The van der Waals surface area contributed by atoms with Gasteiger partial charge in [-0.25, -0.2) is 0 Å². The van der Waals surface area contributed by atoms with Crippen molar-refractivity contribution in [2.24, 2.45) is 11.5 Å². The highest BCUT2D eigenvalue weighted by molar-refractivity contribution is 5.42. The predicted octanol–water partition coefficient (Wildman–Crippen LogP) is 0.340. The SMILES string of the molecule is CCCC1=C(N)C1N. The van der Waals surface area contributed by atoms with E-state index in [0.717, 1.165) is 18.5 Å². The second kappa shape index (κ2) is 1.78. The van der Waals surface area contributed by atoms with E-state index in [1.807, 2.05) is 0 Å². The summed E-state index contributed by atoms with van der Waals surface area (Å²) >= 11 is 0. The van der Waals surface area contributed by atoms with Crippen molar-refractivity contribution in [1.82, 2.24) is 0 Å². The maximum absolute atomic E-state index is 5.50. The van der Waals surface area contributed by atoms with Gasteiger partial charge >= 0.3 is 0 Å². The molecule has 1 unspecified atom stereocenters. The van der Waals surface area contributed by atoms with Crippen molar-refractivity contribution in [3.8, 4) is 0 Å². The van der Waals surface area contributed by atoms with Gasteiger partial charge in [0.15, 0.2) is 0 Å². The molecule has 0 saturated carbocycles. The maximum atomic E-state index is 5.50. The van der Waals surface area contributed by atoms with Crippen LogP contribution in [0.3, 0.4) is 0 Å². The lowest BCUT2D eigenvalue weighted by molar-refractivity contribution is 0.895. The van der Waals surface area contributed by atoms with Crippen molar-refractivity contribution in [3.63, 3.8) is 0 Å². The monoisotopic (exact) mass is 112 g/mol. The Morgan fingerprint density at radius 2 is 2.12 bits per heavy atom. The Morgan fingerprint density at radius 1 is 1.62 bits per heavy atom. The summed E-state index contributed by atoms with van der Waals surface area (Å²) in [6.45, 7) is 2.13. The molecule has 0 aromatic rings. The average Bonchev–Trinajstić information content (AvgIpc) is 2.25. The van der Waals surface area contributed by atoms with Crippen LogP contribution in [0.5, 0.6) is 0 Å². The summed E-state index contributed by atoms with van der Waals surface area (Å²) in [5.74, 6) is 0. The fraction of sp³-hybridized carbons (Fsp3) is 0.667. The molecule has 0 saturated heterocycles. The molecule has 0 aromatic heterocycles. The van der Waals surface area contributed by atoms with E-state index in [1.54, 1.807) is 0 Å². The van der Waals surface area contributed by atoms with Gasteiger partial charge in [-0.1, -0.05) is 13.3 Å². The highest BCUT2D eigenvalue weighted by Gasteiger charge is 2.28. The molecule has 46 valence electrons. The van der Waals surface area contributed by atoms with Crippen LogP contribution in [0.1, 0.15) is 19.8 Å². The first-order chi connectivity index (χ1) is 3.77. The van der Waals surface area contributed by atoms with E-state index < -0.39 is 0 Å². The fourth-order valence-electron chi connectivity index (χ4n) is 0.876. The normalized spacial score (nSPS) is 26.5. The summed E-state index contributed by atoms with van der Waals surface area (Å²) in [4.78, 5) is 0. The molecule has 1 aliphatic rings. The van der Waals surface area contributed by atoms with Gasteiger partial charge in [0.1, 0.15) is 0 Å². The lowest BCUT2D eigenvalue weighted by Crippen LogP contribution is -2.08. The van der Waals surface area contributed by atoms with Gasteiger partial charge in [-0.15, -0.1) is 0 Å². The minimum atomic E-state index is 0.148. The van der Waals surface area contributed by atoms with E-state index in [4.69, 9.17) is 11.5 Å². The molecule has 0 fully saturated rings. The molecule has 0 spiro atoms. The zero-order valence-electron chi connectivity index (χ0n) is 5.15. The molecule has 0 amide bonds. The predicted molar refractivity (Wildman–Crippen MR) is 34.1 cm³/mol. The van der Waals surface area contributed by atoms with Crippen LogP contribution >= 0.6 is 0 Å². The van der Waals surface area contributed by atoms with E-state index >= 15 is 0 Å². The first-order valence-corrected chi connectivity index (χ1v) is 3.01. The molecule has 1 aliphatic carbocycles. The molecule has 0 bridgehead atoms. The van der Waals surface area contributed by atoms with Gasteiger partial charge in [-0.3, -0.25) is 0 Å². The zero-order chi connectivity index (χ0) is 6.15. The van der Waals surface area contributed by atoms with Crippen LogP contribution in [0.15, 0.2) is 11.3 Å². The van der Waals surface area contributed by atoms with Crippen molar-refractivity contribution in [1.29, 1.82) is 0 Å². The van der Waals surface area contributed by atoms with Crippen molar-refractivity contribution in [2.45, 2.75) is 25.8 Å². The van der Waals surface area contributed by atoms with Gasteiger partial charge in [0.25, 0.3) is 0 Å². The minimum Gasteiger partial charge on any atom is -0.400 e. The number of rotatable bonds is 2. The lowest BCUT2D eigenvalue weighted by atomic mass is 10.3. The zero-order valence-corrected chi connectivity index (χ0v) is 5.15. The molecule has 0 radical (unpaired) electrons. The highest BCUT2D eigenvalue weighted by atomic mass is 14.8. The smallest absolute Gasteiger partial charge is 0.0678 e. The molecular formula is C6H12N2. The van der Waals surface area contributed by atoms with Gasteiger partial charge < -0.3 is 11.5 Å². The number of nitrogens with two attached hydrogens (primary N) is 2. The van der Waals surface area contributed by atoms with Crippen LogP contribution in [-0.4, -0.2) is 6.04 Å². The summed E-state index contributed by atoms with van der Waals surface area (Å²) in [5, 5.41) is 0. The van der Waals surface area contributed by atoms with Gasteiger partial charge in [-0.2, -0.15) is 0 Å². The fourth-order valence-corrected chi connectivity index (χ4v) is 0.876. The quantitative estimate of drug-likeness (QED) is 0.541. The Morgan fingerprint density at radius 3 is 2.25 bits per heavy atom.